The van der Waals surface area contributed by atoms with Crippen LogP contribution in [0.1, 0.15) is 11.1 Å². The topological polar surface area (TPSA) is 97.5 Å². The van der Waals surface area contributed by atoms with E-state index in [-0.39, 0.29) is 10.5 Å². The Kier molecular flexibility index (Phi) is 5.30. The second kappa shape index (κ2) is 7.22. The first-order valence-corrected chi connectivity index (χ1v) is 8.50. The third-order valence-electron chi connectivity index (χ3n) is 2.98. The molecule has 2 rings (SSSR count). The van der Waals surface area contributed by atoms with Gasteiger partial charge in [0.15, 0.2) is 0 Å². The highest BCUT2D eigenvalue weighted by Gasteiger charge is 2.12. The molecular weight excluding hydrogens is 328 g/mol. The molecular formula is C16H17N4O3S-. The summed E-state index contributed by atoms with van der Waals surface area (Å²) in [5, 5.41) is 21.2. The predicted molar refractivity (Wildman–Crippen MR) is 89.5 cm³/mol. The van der Waals surface area contributed by atoms with E-state index < -0.39 is 15.9 Å². The summed E-state index contributed by atoms with van der Waals surface area (Å²) in [6.07, 6.45) is 0. The van der Waals surface area contributed by atoms with Gasteiger partial charge >= 0.3 is 0 Å². The fourth-order valence-corrected chi connectivity index (χ4v) is 2.65. The van der Waals surface area contributed by atoms with Crippen LogP contribution < -0.4 is 5.11 Å². The van der Waals surface area contributed by atoms with E-state index in [0.717, 1.165) is 5.56 Å². The summed E-state index contributed by atoms with van der Waals surface area (Å²) in [6.45, 7) is 1.87. The summed E-state index contributed by atoms with van der Waals surface area (Å²) in [6, 6.07) is 12.2. The number of aryl methyl sites for hydroxylation is 1. The fourth-order valence-electron chi connectivity index (χ4n) is 1.74. The Morgan fingerprint density at radius 3 is 2.12 bits per heavy atom. The lowest BCUT2D eigenvalue weighted by atomic mass is 10.1. The van der Waals surface area contributed by atoms with Crippen LogP contribution in [0.15, 0.2) is 68.2 Å². The van der Waals surface area contributed by atoms with E-state index in [2.05, 4.69) is 14.7 Å². The molecule has 0 amide bonds. The Morgan fingerprint density at radius 1 is 1.00 bits per heavy atom. The van der Waals surface area contributed by atoms with Gasteiger partial charge in [-0.3, -0.25) is 5.01 Å². The first-order valence-electron chi connectivity index (χ1n) is 7.06. The van der Waals surface area contributed by atoms with E-state index in [9.17, 15) is 13.5 Å². The van der Waals surface area contributed by atoms with Gasteiger partial charge in [0.2, 0.25) is 0 Å². The Bertz CT molecular complexity index is 855. The highest BCUT2D eigenvalue weighted by atomic mass is 32.2. The van der Waals surface area contributed by atoms with Crippen molar-refractivity contribution in [3.05, 3.63) is 59.7 Å². The summed E-state index contributed by atoms with van der Waals surface area (Å²) in [7, 11) is -0.633. The van der Waals surface area contributed by atoms with Gasteiger partial charge in [-0.1, -0.05) is 35.1 Å². The molecule has 0 aliphatic heterocycles. The van der Waals surface area contributed by atoms with Crippen molar-refractivity contribution in [3.8, 4) is 0 Å². The Labute approximate surface area is 141 Å². The minimum absolute atomic E-state index is 0.0771. The van der Waals surface area contributed by atoms with E-state index in [1.807, 2.05) is 6.92 Å². The second-order valence-electron chi connectivity index (χ2n) is 5.27. The van der Waals surface area contributed by atoms with Gasteiger partial charge in [-0.05, 0) is 36.8 Å². The number of nitrogens with zero attached hydrogens (tertiary/aromatic N) is 4. The number of hydrogen-bond donors (Lipinski definition) is 0. The first kappa shape index (κ1) is 17.6. The quantitative estimate of drug-likeness (QED) is 0.358. The van der Waals surface area contributed by atoms with Gasteiger partial charge in [0, 0.05) is 20.0 Å². The lowest BCUT2D eigenvalue weighted by Gasteiger charge is -2.11. The summed E-state index contributed by atoms with van der Waals surface area (Å²) in [5.74, 6) is -0.800. The molecule has 0 saturated carbocycles. The number of hydrogen-bond acceptors (Lipinski definition) is 5. The van der Waals surface area contributed by atoms with Crippen molar-refractivity contribution < 1.29 is 13.5 Å². The SMILES string of the molecule is Cc1ccc(C([O-])=NS(=O)(=O)c2ccc(N=NN(C)C)cc2)cc1. The molecule has 24 heavy (non-hydrogen) atoms. The van der Waals surface area contributed by atoms with Gasteiger partial charge in [-0.2, -0.15) is 12.8 Å². The third-order valence-corrected chi connectivity index (χ3v) is 4.25. The van der Waals surface area contributed by atoms with Crippen molar-refractivity contribution in [1.82, 2.24) is 5.01 Å². The highest BCUT2D eigenvalue weighted by Crippen LogP contribution is 2.19. The normalized spacial score (nSPS) is 12.5. The van der Waals surface area contributed by atoms with Crippen LogP contribution in [0.2, 0.25) is 0 Å². The minimum Gasteiger partial charge on any atom is -0.858 e. The van der Waals surface area contributed by atoms with Crippen LogP contribution in [-0.4, -0.2) is 33.4 Å². The monoisotopic (exact) mass is 345 g/mol. The van der Waals surface area contributed by atoms with Crippen LogP contribution in [-0.2, 0) is 10.0 Å². The predicted octanol–water partition coefficient (Wildman–Crippen LogP) is 2.05. The molecule has 8 heteroatoms. The maximum Gasteiger partial charge on any atom is 0.281 e. The molecule has 0 radical (unpaired) electrons. The summed E-state index contributed by atoms with van der Waals surface area (Å²) < 4.78 is 27.8. The average molecular weight is 345 g/mol. The van der Waals surface area contributed by atoms with E-state index >= 15 is 0 Å². The Hall–Kier alpha value is -2.74. The molecule has 2 aromatic carbocycles. The molecule has 0 bridgehead atoms. The smallest absolute Gasteiger partial charge is 0.281 e. The summed E-state index contributed by atoms with van der Waals surface area (Å²) in [5.41, 5.74) is 1.69. The summed E-state index contributed by atoms with van der Waals surface area (Å²) in [4.78, 5) is -0.0771. The van der Waals surface area contributed by atoms with Crippen molar-refractivity contribution in [2.45, 2.75) is 11.8 Å². The van der Waals surface area contributed by atoms with Crippen molar-refractivity contribution in [2.75, 3.05) is 14.1 Å². The molecule has 0 atom stereocenters. The van der Waals surface area contributed by atoms with Gasteiger partial charge < -0.3 is 5.11 Å². The van der Waals surface area contributed by atoms with Crippen LogP contribution in [0.5, 0.6) is 0 Å². The van der Waals surface area contributed by atoms with E-state index in [1.165, 1.54) is 29.3 Å². The largest absolute Gasteiger partial charge is 0.858 e. The average Bonchev–Trinajstić information content (AvgIpc) is 2.53. The number of sulfonamides is 1. The number of rotatable bonds is 5. The van der Waals surface area contributed by atoms with Gasteiger partial charge in [0.05, 0.1) is 10.6 Å². The second-order valence-corrected chi connectivity index (χ2v) is 6.87. The van der Waals surface area contributed by atoms with Crippen LogP contribution in [0, 0.1) is 6.92 Å². The Morgan fingerprint density at radius 2 is 1.58 bits per heavy atom. The standard InChI is InChI=1S/C16H18N4O3S/c1-12-4-6-13(7-5-12)16(21)18-24(22,23)15-10-8-14(9-11-15)17-19-20(2)3/h4-11H,1-3H3,(H,18,21)/p-1. The van der Waals surface area contributed by atoms with Crippen molar-refractivity contribution in [2.24, 2.45) is 14.7 Å². The minimum atomic E-state index is -4.07. The maximum atomic E-state index is 12.2. The first-order chi connectivity index (χ1) is 11.3. The lowest BCUT2D eigenvalue weighted by Crippen LogP contribution is -2.20. The van der Waals surface area contributed by atoms with Crippen LogP contribution in [0.25, 0.3) is 0 Å². The molecule has 7 nitrogen and oxygen atoms in total. The maximum absolute atomic E-state index is 12.2. The zero-order valence-electron chi connectivity index (χ0n) is 13.5. The Balaban J connectivity index is 2.26. The molecule has 2 aromatic rings. The molecule has 0 spiro atoms. The summed E-state index contributed by atoms with van der Waals surface area (Å²) >= 11 is 0. The highest BCUT2D eigenvalue weighted by molar-refractivity contribution is 7.90. The molecule has 0 aliphatic rings. The lowest BCUT2D eigenvalue weighted by molar-refractivity contribution is -0.212. The molecule has 0 aliphatic carbocycles. The van der Waals surface area contributed by atoms with Gasteiger partial charge in [-0.25, -0.2) is 0 Å². The van der Waals surface area contributed by atoms with Gasteiger partial charge in [-0.15, -0.1) is 5.11 Å². The van der Waals surface area contributed by atoms with Crippen LogP contribution in [0.4, 0.5) is 5.69 Å². The molecule has 126 valence electrons. The van der Waals surface area contributed by atoms with E-state index in [4.69, 9.17) is 0 Å². The molecule has 0 unspecified atom stereocenters. The molecule has 0 saturated heterocycles. The van der Waals surface area contributed by atoms with Gasteiger partial charge in [0.1, 0.15) is 0 Å². The number of benzene rings is 2. The molecule has 0 aromatic heterocycles. The van der Waals surface area contributed by atoms with Crippen molar-refractivity contribution in [3.63, 3.8) is 0 Å². The zero-order valence-corrected chi connectivity index (χ0v) is 14.4. The fraction of sp³-hybridized carbons (Fsp3) is 0.188. The van der Waals surface area contributed by atoms with E-state index in [1.54, 1.807) is 38.4 Å². The van der Waals surface area contributed by atoms with E-state index in [0.29, 0.717) is 5.69 Å². The zero-order chi connectivity index (χ0) is 17.7. The molecule has 0 fully saturated rings. The van der Waals surface area contributed by atoms with Gasteiger partial charge in [0.25, 0.3) is 10.0 Å². The third kappa shape index (κ3) is 4.63. The van der Waals surface area contributed by atoms with Crippen LogP contribution in [0.3, 0.4) is 0 Å². The van der Waals surface area contributed by atoms with Crippen LogP contribution >= 0.6 is 0 Å². The van der Waals surface area contributed by atoms with Crippen molar-refractivity contribution >= 4 is 21.6 Å². The molecule has 0 N–H and O–H groups in total. The van der Waals surface area contributed by atoms with Crippen molar-refractivity contribution in [1.29, 1.82) is 0 Å². The molecule has 0 heterocycles.